The molecule has 21 heavy (non-hydrogen) atoms. The van der Waals surface area contributed by atoms with Gasteiger partial charge in [-0.05, 0) is 29.3 Å². The van der Waals surface area contributed by atoms with Gasteiger partial charge in [0.15, 0.2) is 0 Å². The van der Waals surface area contributed by atoms with Crippen LogP contribution in [0.2, 0.25) is 0 Å². The molecule has 1 atom stereocenters. The van der Waals surface area contributed by atoms with Crippen LogP contribution in [0.25, 0.3) is 10.9 Å². The monoisotopic (exact) mass is 276 g/mol. The largest absolute Gasteiger partial charge is 0.372 e. The minimum atomic E-state index is 0.188. The highest BCUT2D eigenvalue weighted by Gasteiger charge is 2.23. The SMILES string of the molecule is C1=CC2=C(CC=N1)C(c1cnc3ccccc3c1)NCN2. The second-order valence-electron chi connectivity index (χ2n) is 5.24. The maximum Gasteiger partial charge on any atom is 0.0702 e. The Morgan fingerprint density at radius 3 is 3.14 bits per heavy atom. The summed E-state index contributed by atoms with van der Waals surface area (Å²) in [7, 11) is 0. The van der Waals surface area contributed by atoms with E-state index >= 15 is 0 Å². The number of aliphatic imine (C=N–C) groups is 1. The third-order valence-electron chi connectivity index (χ3n) is 3.97. The number of allylic oxidation sites excluding steroid dienone is 1. The van der Waals surface area contributed by atoms with E-state index in [1.54, 1.807) is 0 Å². The van der Waals surface area contributed by atoms with Crippen molar-refractivity contribution in [2.75, 3.05) is 6.67 Å². The molecule has 104 valence electrons. The zero-order chi connectivity index (χ0) is 14.1. The second kappa shape index (κ2) is 5.14. The molecule has 3 heterocycles. The van der Waals surface area contributed by atoms with Gasteiger partial charge in [-0.1, -0.05) is 18.2 Å². The first-order valence-corrected chi connectivity index (χ1v) is 7.15. The lowest BCUT2D eigenvalue weighted by Crippen LogP contribution is -2.39. The van der Waals surface area contributed by atoms with Gasteiger partial charge in [-0.3, -0.25) is 15.3 Å². The molecule has 2 aromatic rings. The maximum absolute atomic E-state index is 4.58. The van der Waals surface area contributed by atoms with E-state index in [9.17, 15) is 0 Å². The van der Waals surface area contributed by atoms with E-state index in [0.717, 1.165) is 18.6 Å². The first-order valence-electron chi connectivity index (χ1n) is 7.15. The normalized spacial score (nSPS) is 21.0. The van der Waals surface area contributed by atoms with Crippen LogP contribution in [0, 0.1) is 0 Å². The van der Waals surface area contributed by atoms with Gasteiger partial charge in [-0.15, -0.1) is 0 Å². The topological polar surface area (TPSA) is 49.3 Å². The third kappa shape index (κ3) is 2.23. The molecule has 0 bridgehead atoms. The average molecular weight is 276 g/mol. The number of nitrogens with zero attached hydrogens (tertiary/aromatic N) is 2. The van der Waals surface area contributed by atoms with Crippen molar-refractivity contribution in [3.05, 3.63) is 65.6 Å². The van der Waals surface area contributed by atoms with E-state index in [1.165, 1.54) is 22.2 Å². The first kappa shape index (κ1) is 12.3. The van der Waals surface area contributed by atoms with Crippen LogP contribution in [0.3, 0.4) is 0 Å². The van der Waals surface area contributed by atoms with E-state index in [1.807, 2.05) is 36.8 Å². The Hall–Kier alpha value is -2.46. The van der Waals surface area contributed by atoms with Crippen LogP contribution in [0.1, 0.15) is 18.0 Å². The van der Waals surface area contributed by atoms with Crippen molar-refractivity contribution in [2.45, 2.75) is 12.5 Å². The number of hydrogen-bond donors (Lipinski definition) is 2. The van der Waals surface area contributed by atoms with Crippen LogP contribution in [0.15, 0.2) is 65.1 Å². The predicted octanol–water partition coefficient (Wildman–Crippen LogP) is 2.67. The van der Waals surface area contributed by atoms with Crippen molar-refractivity contribution >= 4 is 17.1 Å². The highest BCUT2D eigenvalue weighted by atomic mass is 15.1. The standard InChI is InChI=1S/C17H16N4/c1-2-4-15-12(3-1)9-13(10-19-15)17-14-5-7-18-8-6-16(14)20-11-21-17/h1-4,6-10,17,20-21H,5,11H2. The molecule has 4 nitrogen and oxygen atoms in total. The number of para-hydroxylation sites is 1. The van der Waals surface area contributed by atoms with Crippen LogP contribution in [0.4, 0.5) is 0 Å². The number of pyridine rings is 1. The fourth-order valence-corrected chi connectivity index (χ4v) is 2.93. The Kier molecular flexibility index (Phi) is 3.01. The van der Waals surface area contributed by atoms with Gasteiger partial charge >= 0.3 is 0 Å². The molecular formula is C17H16N4. The zero-order valence-corrected chi connectivity index (χ0v) is 11.6. The molecule has 0 fully saturated rings. The summed E-state index contributed by atoms with van der Waals surface area (Å²) in [4.78, 5) is 8.83. The Morgan fingerprint density at radius 1 is 1.19 bits per heavy atom. The number of benzene rings is 1. The van der Waals surface area contributed by atoms with Gasteiger partial charge in [0, 0.05) is 36.1 Å². The number of fused-ring (bicyclic) bond motifs is 1. The molecule has 0 saturated carbocycles. The summed E-state index contributed by atoms with van der Waals surface area (Å²) in [5.41, 5.74) is 4.72. The number of nitrogens with one attached hydrogen (secondary N) is 2. The molecule has 2 aliphatic heterocycles. The smallest absolute Gasteiger partial charge is 0.0702 e. The maximum atomic E-state index is 4.58. The molecule has 0 amide bonds. The fourth-order valence-electron chi connectivity index (χ4n) is 2.93. The summed E-state index contributed by atoms with van der Waals surface area (Å²) >= 11 is 0. The first-order chi connectivity index (χ1) is 10.4. The second-order valence-corrected chi connectivity index (χ2v) is 5.24. The van der Waals surface area contributed by atoms with E-state index < -0.39 is 0 Å². The average Bonchev–Trinajstić information content (AvgIpc) is 2.79. The lowest BCUT2D eigenvalue weighted by Gasteiger charge is -2.29. The lowest BCUT2D eigenvalue weighted by atomic mass is 9.94. The predicted molar refractivity (Wildman–Crippen MR) is 84.9 cm³/mol. The van der Waals surface area contributed by atoms with Crippen molar-refractivity contribution in [2.24, 2.45) is 4.99 Å². The fraction of sp³-hybridized carbons (Fsp3) is 0.176. The molecular weight excluding hydrogens is 260 g/mol. The number of rotatable bonds is 1. The van der Waals surface area contributed by atoms with Crippen LogP contribution in [-0.2, 0) is 0 Å². The van der Waals surface area contributed by atoms with Crippen LogP contribution in [0.5, 0.6) is 0 Å². The van der Waals surface area contributed by atoms with E-state index in [0.29, 0.717) is 0 Å². The molecule has 4 rings (SSSR count). The molecule has 1 aromatic carbocycles. The van der Waals surface area contributed by atoms with Crippen molar-refractivity contribution in [3.8, 4) is 0 Å². The summed E-state index contributed by atoms with van der Waals surface area (Å²) in [6.45, 7) is 0.751. The van der Waals surface area contributed by atoms with Gasteiger partial charge in [0.25, 0.3) is 0 Å². The van der Waals surface area contributed by atoms with Gasteiger partial charge in [0.05, 0.1) is 18.2 Å². The molecule has 0 radical (unpaired) electrons. The summed E-state index contributed by atoms with van der Waals surface area (Å²) in [5, 5.41) is 8.08. The highest BCUT2D eigenvalue weighted by molar-refractivity contribution is 5.79. The van der Waals surface area contributed by atoms with Crippen molar-refractivity contribution in [1.82, 2.24) is 15.6 Å². The van der Waals surface area contributed by atoms with Gasteiger partial charge in [0.1, 0.15) is 0 Å². The van der Waals surface area contributed by atoms with Crippen LogP contribution >= 0.6 is 0 Å². The Morgan fingerprint density at radius 2 is 2.14 bits per heavy atom. The molecule has 1 aromatic heterocycles. The van der Waals surface area contributed by atoms with Gasteiger partial charge in [0.2, 0.25) is 0 Å². The van der Waals surface area contributed by atoms with E-state index in [4.69, 9.17) is 0 Å². The Balaban J connectivity index is 1.80. The molecule has 4 heteroatoms. The zero-order valence-electron chi connectivity index (χ0n) is 11.6. The van der Waals surface area contributed by atoms with Gasteiger partial charge in [-0.25, -0.2) is 0 Å². The van der Waals surface area contributed by atoms with Crippen molar-refractivity contribution in [1.29, 1.82) is 0 Å². The van der Waals surface area contributed by atoms with Gasteiger partial charge in [-0.2, -0.15) is 0 Å². The quantitative estimate of drug-likeness (QED) is 0.842. The van der Waals surface area contributed by atoms with Crippen LogP contribution < -0.4 is 10.6 Å². The van der Waals surface area contributed by atoms with Gasteiger partial charge < -0.3 is 5.32 Å². The van der Waals surface area contributed by atoms with Crippen LogP contribution in [-0.4, -0.2) is 17.9 Å². The third-order valence-corrected chi connectivity index (χ3v) is 3.97. The highest BCUT2D eigenvalue weighted by Crippen LogP contribution is 2.30. The summed E-state index contributed by atoms with van der Waals surface area (Å²) in [6.07, 6.45) is 8.66. The molecule has 1 unspecified atom stereocenters. The minimum absolute atomic E-state index is 0.188. The van der Waals surface area contributed by atoms with E-state index in [-0.39, 0.29) is 6.04 Å². The summed E-state index contributed by atoms with van der Waals surface area (Å²) in [5.74, 6) is 0. The number of hydrogen-bond acceptors (Lipinski definition) is 4. The molecule has 2 aliphatic rings. The molecule has 0 spiro atoms. The van der Waals surface area contributed by atoms with Crippen molar-refractivity contribution < 1.29 is 0 Å². The lowest BCUT2D eigenvalue weighted by molar-refractivity contribution is 0.519. The summed E-state index contributed by atoms with van der Waals surface area (Å²) < 4.78 is 0. The molecule has 0 aliphatic carbocycles. The van der Waals surface area contributed by atoms with Crippen molar-refractivity contribution in [3.63, 3.8) is 0 Å². The Labute approximate surface area is 123 Å². The molecule has 2 N–H and O–H groups in total. The van der Waals surface area contributed by atoms with E-state index in [2.05, 4.69) is 38.8 Å². The minimum Gasteiger partial charge on any atom is -0.372 e. The number of aromatic nitrogens is 1. The molecule has 0 saturated heterocycles. The summed E-state index contributed by atoms with van der Waals surface area (Å²) in [6, 6.07) is 10.6. The Bertz CT molecular complexity index is 773.